The number of guanidine groups is 1. The van der Waals surface area contributed by atoms with Crippen molar-refractivity contribution in [3.8, 4) is 0 Å². The first-order chi connectivity index (χ1) is 14.6. The summed E-state index contributed by atoms with van der Waals surface area (Å²) in [5.74, 6) is 1.34. The van der Waals surface area contributed by atoms with E-state index in [4.69, 9.17) is 4.99 Å². The van der Waals surface area contributed by atoms with Crippen LogP contribution in [0.4, 0.5) is 0 Å². The van der Waals surface area contributed by atoms with Gasteiger partial charge in [0.05, 0.1) is 6.54 Å². The summed E-state index contributed by atoms with van der Waals surface area (Å²) in [6.07, 6.45) is 4.36. The van der Waals surface area contributed by atoms with Crippen LogP contribution in [0, 0.1) is 5.92 Å². The Morgan fingerprint density at radius 2 is 1.80 bits per heavy atom. The standard InChI is InChI=1S/C24H43N5O/c1-4-7-21(12-17-30)18-26-24(25-5-2)27-19-22-8-10-23(11-9-22)20-29-14-6-13-28(3)15-16-29/h8-11,21,30H,4-7,12-20H2,1-3H3,(H2,25,26,27). The van der Waals surface area contributed by atoms with Gasteiger partial charge in [-0.25, -0.2) is 4.99 Å². The number of hydrogen-bond donors (Lipinski definition) is 3. The Labute approximate surface area is 183 Å². The molecule has 0 bridgehead atoms. The molecule has 0 amide bonds. The van der Waals surface area contributed by atoms with Crippen molar-refractivity contribution in [1.29, 1.82) is 0 Å². The van der Waals surface area contributed by atoms with Gasteiger partial charge in [0.25, 0.3) is 0 Å². The summed E-state index contributed by atoms with van der Waals surface area (Å²) in [5.41, 5.74) is 2.61. The predicted octanol–water partition coefficient (Wildman–Crippen LogP) is 2.68. The monoisotopic (exact) mass is 417 g/mol. The van der Waals surface area contributed by atoms with Crippen molar-refractivity contribution in [3.63, 3.8) is 0 Å². The van der Waals surface area contributed by atoms with Crippen LogP contribution in [-0.2, 0) is 13.1 Å². The third-order valence-electron chi connectivity index (χ3n) is 5.80. The molecule has 1 atom stereocenters. The molecular formula is C24H43N5O. The Hall–Kier alpha value is -1.63. The van der Waals surface area contributed by atoms with E-state index in [1.807, 2.05) is 0 Å². The summed E-state index contributed by atoms with van der Waals surface area (Å²) in [5, 5.41) is 16.0. The first kappa shape index (κ1) is 24.6. The van der Waals surface area contributed by atoms with E-state index in [0.717, 1.165) is 57.9 Å². The molecule has 1 saturated heterocycles. The minimum absolute atomic E-state index is 0.251. The number of aliphatic hydroxyl groups excluding tert-OH is 1. The van der Waals surface area contributed by atoms with Gasteiger partial charge in [-0.1, -0.05) is 37.6 Å². The molecule has 6 heteroatoms. The summed E-state index contributed by atoms with van der Waals surface area (Å²) >= 11 is 0. The maximum absolute atomic E-state index is 9.26. The van der Waals surface area contributed by atoms with Crippen LogP contribution >= 0.6 is 0 Å². The number of benzene rings is 1. The Bertz CT molecular complexity index is 598. The molecule has 1 aliphatic heterocycles. The Morgan fingerprint density at radius 3 is 2.50 bits per heavy atom. The smallest absolute Gasteiger partial charge is 0.191 e. The van der Waals surface area contributed by atoms with Gasteiger partial charge in [-0.15, -0.1) is 0 Å². The van der Waals surface area contributed by atoms with E-state index < -0.39 is 0 Å². The number of aliphatic imine (C=N–C) groups is 1. The third-order valence-corrected chi connectivity index (χ3v) is 5.80. The van der Waals surface area contributed by atoms with Crippen molar-refractivity contribution >= 4 is 5.96 Å². The first-order valence-corrected chi connectivity index (χ1v) is 11.8. The molecule has 1 aromatic rings. The van der Waals surface area contributed by atoms with Crippen LogP contribution in [0.25, 0.3) is 0 Å². The molecule has 0 spiro atoms. The lowest BCUT2D eigenvalue weighted by atomic mass is 10.0. The van der Waals surface area contributed by atoms with E-state index in [9.17, 15) is 5.11 Å². The summed E-state index contributed by atoms with van der Waals surface area (Å²) in [4.78, 5) is 9.74. The van der Waals surface area contributed by atoms with Crippen molar-refractivity contribution in [2.75, 3.05) is 52.9 Å². The fourth-order valence-corrected chi connectivity index (χ4v) is 3.96. The Kier molecular flexibility index (Phi) is 11.8. The molecule has 1 heterocycles. The van der Waals surface area contributed by atoms with Gasteiger partial charge in [0.2, 0.25) is 0 Å². The summed E-state index contributed by atoms with van der Waals surface area (Å²) < 4.78 is 0. The minimum atomic E-state index is 0.251. The highest BCUT2D eigenvalue weighted by atomic mass is 16.3. The second kappa shape index (κ2) is 14.4. The highest BCUT2D eigenvalue weighted by molar-refractivity contribution is 5.79. The van der Waals surface area contributed by atoms with Gasteiger partial charge in [-0.2, -0.15) is 0 Å². The summed E-state index contributed by atoms with van der Waals surface area (Å²) in [6, 6.07) is 8.91. The fourth-order valence-electron chi connectivity index (χ4n) is 3.96. The van der Waals surface area contributed by atoms with E-state index >= 15 is 0 Å². The van der Waals surface area contributed by atoms with E-state index in [1.165, 1.54) is 30.6 Å². The molecule has 0 aliphatic carbocycles. The van der Waals surface area contributed by atoms with E-state index in [2.05, 4.69) is 65.6 Å². The van der Waals surface area contributed by atoms with E-state index in [-0.39, 0.29) is 6.61 Å². The SMILES string of the molecule is CCCC(CCO)CNC(=NCc1ccc(CN2CCCN(C)CC2)cc1)NCC. The van der Waals surface area contributed by atoms with Gasteiger partial charge in [-0.05, 0) is 63.4 Å². The Balaban J connectivity index is 1.86. The normalized spacial score (nSPS) is 17.5. The molecule has 0 radical (unpaired) electrons. The molecular weight excluding hydrogens is 374 g/mol. The van der Waals surface area contributed by atoms with Crippen LogP contribution in [0.3, 0.4) is 0 Å². The molecule has 1 aliphatic rings. The molecule has 2 rings (SSSR count). The zero-order valence-corrected chi connectivity index (χ0v) is 19.4. The third kappa shape index (κ3) is 9.45. The van der Waals surface area contributed by atoms with Crippen LogP contribution < -0.4 is 10.6 Å². The Morgan fingerprint density at radius 1 is 1.03 bits per heavy atom. The van der Waals surface area contributed by atoms with Crippen LogP contribution in [-0.4, -0.2) is 73.8 Å². The maximum Gasteiger partial charge on any atom is 0.191 e. The highest BCUT2D eigenvalue weighted by Gasteiger charge is 2.12. The van der Waals surface area contributed by atoms with Gasteiger partial charge in [0.15, 0.2) is 5.96 Å². The second-order valence-corrected chi connectivity index (χ2v) is 8.49. The lowest BCUT2D eigenvalue weighted by molar-refractivity contribution is 0.251. The minimum Gasteiger partial charge on any atom is -0.396 e. The van der Waals surface area contributed by atoms with E-state index in [0.29, 0.717) is 12.5 Å². The van der Waals surface area contributed by atoms with Crippen LogP contribution in [0.15, 0.2) is 29.3 Å². The first-order valence-electron chi connectivity index (χ1n) is 11.8. The molecule has 3 N–H and O–H groups in total. The predicted molar refractivity (Wildman–Crippen MR) is 127 cm³/mol. The molecule has 0 aromatic heterocycles. The van der Waals surface area contributed by atoms with Crippen molar-refractivity contribution in [2.45, 2.75) is 52.6 Å². The zero-order chi connectivity index (χ0) is 21.6. The van der Waals surface area contributed by atoms with Crippen molar-refractivity contribution < 1.29 is 5.11 Å². The zero-order valence-electron chi connectivity index (χ0n) is 19.4. The van der Waals surface area contributed by atoms with Gasteiger partial charge in [-0.3, -0.25) is 4.90 Å². The van der Waals surface area contributed by atoms with Gasteiger partial charge in [0.1, 0.15) is 0 Å². The quantitative estimate of drug-likeness (QED) is 0.382. The summed E-state index contributed by atoms with van der Waals surface area (Å²) in [6.45, 7) is 12.6. The van der Waals surface area contributed by atoms with Gasteiger partial charge < -0.3 is 20.6 Å². The van der Waals surface area contributed by atoms with Crippen LogP contribution in [0.5, 0.6) is 0 Å². The van der Waals surface area contributed by atoms with Crippen molar-refractivity contribution in [2.24, 2.45) is 10.9 Å². The molecule has 1 aromatic carbocycles. The average Bonchev–Trinajstić information content (AvgIpc) is 2.95. The number of aliphatic hydroxyl groups is 1. The molecule has 170 valence electrons. The highest BCUT2D eigenvalue weighted by Crippen LogP contribution is 2.11. The maximum atomic E-state index is 9.26. The fraction of sp³-hybridized carbons (Fsp3) is 0.708. The molecule has 0 saturated carbocycles. The topological polar surface area (TPSA) is 63.1 Å². The number of likely N-dealkylation sites (N-methyl/N-ethyl adjacent to an activating group) is 1. The molecule has 1 unspecified atom stereocenters. The number of rotatable bonds is 11. The summed E-state index contributed by atoms with van der Waals surface area (Å²) in [7, 11) is 2.21. The number of nitrogens with zero attached hydrogens (tertiary/aromatic N) is 3. The van der Waals surface area contributed by atoms with Crippen LogP contribution in [0.2, 0.25) is 0 Å². The van der Waals surface area contributed by atoms with E-state index in [1.54, 1.807) is 0 Å². The largest absolute Gasteiger partial charge is 0.396 e. The molecule has 30 heavy (non-hydrogen) atoms. The number of hydrogen-bond acceptors (Lipinski definition) is 4. The lowest BCUT2D eigenvalue weighted by Crippen LogP contribution is -2.40. The molecule has 6 nitrogen and oxygen atoms in total. The van der Waals surface area contributed by atoms with Crippen molar-refractivity contribution in [1.82, 2.24) is 20.4 Å². The van der Waals surface area contributed by atoms with Gasteiger partial charge in [0, 0.05) is 39.3 Å². The van der Waals surface area contributed by atoms with Crippen LogP contribution in [0.1, 0.15) is 50.7 Å². The molecule has 1 fully saturated rings. The van der Waals surface area contributed by atoms with Gasteiger partial charge >= 0.3 is 0 Å². The number of nitrogens with one attached hydrogen (secondary N) is 2. The lowest BCUT2D eigenvalue weighted by Gasteiger charge is -2.20. The average molecular weight is 418 g/mol. The van der Waals surface area contributed by atoms with Crippen molar-refractivity contribution in [3.05, 3.63) is 35.4 Å². The second-order valence-electron chi connectivity index (χ2n) is 8.49.